The van der Waals surface area contributed by atoms with Crippen LogP contribution in [0.2, 0.25) is 0 Å². The Morgan fingerprint density at radius 1 is 1.04 bits per heavy atom. The van der Waals surface area contributed by atoms with Crippen molar-refractivity contribution in [2.75, 3.05) is 11.5 Å². The quantitative estimate of drug-likeness (QED) is 0.534. The van der Waals surface area contributed by atoms with Crippen molar-refractivity contribution in [3.05, 3.63) is 58.4 Å². The van der Waals surface area contributed by atoms with Gasteiger partial charge in [0, 0.05) is 11.8 Å². The fourth-order valence-corrected chi connectivity index (χ4v) is 2.84. The third kappa shape index (κ3) is 2.76. The molecule has 4 aromatic rings. The molecule has 0 radical (unpaired) electrons. The van der Waals surface area contributed by atoms with Crippen molar-refractivity contribution < 1.29 is 4.39 Å². The highest BCUT2D eigenvalue weighted by Gasteiger charge is 2.18. The zero-order chi connectivity index (χ0) is 18.3. The number of hydrogen-bond donors (Lipinski definition) is 2. The minimum Gasteiger partial charge on any atom is -0.383 e. The number of benzene rings is 1. The summed E-state index contributed by atoms with van der Waals surface area (Å²) in [5.74, 6) is 0.414. The van der Waals surface area contributed by atoms with E-state index < -0.39 is 0 Å². The predicted molar refractivity (Wildman–Crippen MR) is 101 cm³/mol. The lowest BCUT2D eigenvalue weighted by atomic mass is 10.2. The highest BCUT2D eigenvalue weighted by Crippen LogP contribution is 2.30. The first-order valence-corrected chi connectivity index (χ1v) is 8.47. The maximum atomic E-state index is 14.0. The van der Waals surface area contributed by atoms with E-state index in [9.17, 15) is 4.39 Å². The van der Waals surface area contributed by atoms with E-state index in [1.165, 1.54) is 6.07 Å². The summed E-state index contributed by atoms with van der Waals surface area (Å²) < 4.78 is 16.1. The second-order valence-corrected chi connectivity index (χ2v) is 6.40. The Morgan fingerprint density at radius 2 is 1.77 bits per heavy atom. The van der Waals surface area contributed by atoms with Crippen LogP contribution in [0.15, 0.2) is 47.1 Å². The van der Waals surface area contributed by atoms with Crippen molar-refractivity contribution in [2.45, 2.75) is 6.54 Å². The molecule has 0 aliphatic heterocycles. The molecular weight excluding hydrogens is 401 g/mol. The number of nitrogens with two attached hydrogens (primary N) is 2. The van der Waals surface area contributed by atoms with Crippen LogP contribution in [0.4, 0.5) is 16.0 Å². The summed E-state index contributed by atoms with van der Waals surface area (Å²) in [5.41, 5.74) is 13.3. The Labute approximate surface area is 156 Å². The first kappa shape index (κ1) is 16.4. The van der Waals surface area contributed by atoms with Gasteiger partial charge in [-0.3, -0.25) is 0 Å². The van der Waals surface area contributed by atoms with Crippen molar-refractivity contribution in [1.29, 1.82) is 0 Å². The maximum Gasteiger partial charge on any atom is 0.184 e. The Morgan fingerprint density at radius 3 is 2.50 bits per heavy atom. The predicted octanol–water partition coefficient (Wildman–Crippen LogP) is 3.00. The van der Waals surface area contributed by atoms with Crippen LogP contribution in [0.3, 0.4) is 0 Å². The first-order chi connectivity index (χ1) is 12.5. The SMILES string of the molecule is Nc1nc(-c2nn(Cc3ccccc3F)c3ncccc23)nc(N)c1Br. The molecule has 0 atom stereocenters. The number of halogens is 2. The van der Waals surface area contributed by atoms with Crippen molar-refractivity contribution in [1.82, 2.24) is 24.7 Å². The zero-order valence-electron chi connectivity index (χ0n) is 13.4. The molecule has 0 saturated heterocycles. The number of hydrogen-bond acceptors (Lipinski definition) is 6. The second-order valence-electron chi connectivity index (χ2n) is 5.60. The van der Waals surface area contributed by atoms with Crippen molar-refractivity contribution >= 4 is 38.6 Å². The van der Waals surface area contributed by atoms with Gasteiger partial charge in [0.25, 0.3) is 0 Å². The Balaban J connectivity index is 1.89. The van der Waals surface area contributed by atoms with Crippen LogP contribution < -0.4 is 11.5 Å². The minimum absolute atomic E-state index is 0.216. The van der Waals surface area contributed by atoms with Crippen LogP contribution in [0.1, 0.15) is 5.56 Å². The van der Waals surface area contributed by atoms with Gasteiger partial charge in [-0.2, -0.15) is 5.10 Å². The molecule has 3 aromatic heterocycles. The molecular formula is C17H13BrFN7. The van der Waals surface area contributed by atoms with E-state index in [0.29, 0.717) is 21.4 Å². The fraction of sp³-hybridized carbons (Fsp3) is 0.0588. The Bertz CT molecular complexity index is 1100. The summed E-state index contributed by atoms with van der Waals surface area (Å²) >= 11 is 3.24. The number of nitrogens with zero attached hydrogens (tertiary/aromatic N) is 5. The van der Waals surface area contributed by atoms with Crippen molar-refractivity contribution in [2.24, 2.45) is 0 Å². The third-order valence-electron chi connectivity index (χ3n) is 3.90. The van der Waals surface area contributed by atoms with Gasteiger partial charge in [0.1, 0.15) is 27.6 Å². The number of fused-ring (bicyclic) bond motifs is 1. The number of aromatic nitrogens is 5. The van der Waals surface area contributed by atoms with Crippen molar-refractivity contribution in [3.63, 3.8) is 0 Å². The Hall–Kier alpha value is -3.07. The zero-order valence-corrected chi connectivity index (χ0v) is 15.0. The monoisotopic (exact) mass is 413 g/mol. The van der Waals surface area contributed by atoms with E-state index in [2.05, 4.69) is 36.0 Å². The minimum atomic E-state index is -0.304. The molecule has 0 aliphatic carbocycles. The van der Waals surface area contributed by atoms with Crippen LogP contribution in [-0.2, 0) is 6.54 Å². The molecule has 4 N–H and O–H groups in total. The largest absolute Gasteiger partial charge is 0.383 e. The lowest BCUT2D eigenvalue weighted by Crippen LogP contribution is -2.05. The van der Waals surface area contributed by atoms with Gasteiger partial charge in [-0.05, 0) is 34.1 Å². The summed E-state index contributed by atoms with van der Waals surface area (Å²) in [6.07, 6.45) is 1.65. The summed E-state index contributed by atoms with van der Waals surface area (Å²) in [6, 6.07) is 10.2. The van der Waals surface area contributed by atoms with Gasteiger partial charge in [-0.15, -0.1) is 0 Å². The summed E-state index contributed by atoms with van der Waals surface area (Å²) in [4.78, 5) is 12.9. The molecule has 0 fully saturated rings. The molecule has 0 bridgehead atoms. The number of anilines is 2. The molecule has 0 unspecified atom stereocenters. The maximum absolute atomic E-state index is 14.0. The van der Waals surface area contributed by atoms with Gasteiger partial charge in [-0.1, -0.05) is 18.2 Å². The second kappa shape index (κ2) is 6.34. The van der Waals surface area contributed by atoms with Gasteiger partial charge in [0.05, 0.1) is 11.9 Å². The van der Waals surface area contributed by atoms with Crippen LogP contribution in [-0.4, -0.2) is 24.7 Å². The molecule has 1 aromatic carbocycles. The fourth-order valence-electron chi connectivity index (χ4n) is 2.66. The van der Waals surface area contributed by atoms with E-state index >= 15 is 0 Å². The summed E-state index contributed by atoms with van der Waals surface area (Å²) in [5, 5.41) is 5.27. The van der Waals surface area contributed by atoms with E-state index in [0.717, 1.165) is 5.39 Å². The molecule has 9 heteroatoms. The average molecular weight is 414 g/mol. The molecule has 7 nitrogen and oxygen atoms in total. The van der Waals surface area contributed by atoms with Crippen LogP contribution in [0.5, 0.6) is 0 Å². The molecule has 4 rings (SSSR count). The van der Waals surface area contributed by atoms with E-state index in [4.69, 9.17) is 11.5 Å². The van der Waals surface area contributed by atoms with Gasteiger partial charge in [-0.25, -0.2) is 24.0 Å². The van der Waals surface area contributed by atoms with Crippen LogP contribution in [0.25, 0.3) is 22.6 Å². The molecule has 0 aliphatic rings. The van der Waals surface area contributed by atoms with Crippen LogP contribution in [0, 0.1) is 5.82 Å². The topological polar surface area (TPSA) is 109 Å². The highest BCUT2D eigenvalue weighted by molar-refractivity contribution is 9.10. The lowest BCUT2D eigenvalue weighted by molar-refractivity contribution is 0.589. The van der Waals surface area contributed by atoms with E-state index in [1.54, 1.807) is 35.1 Å². The van der Waals surface area contributed by atoms with Crippen molar-refractivity contribution in [3.8, 4) is 11.5 Å². The number of nitrogen functional groups attached to an aromatic ring is 2. The molecule has 3 heterocycles. The summed E-state index contributed by atoms with van der Waals surface area (Å²) in [6.45, 7) is 0.224. The van der Waals surface area contributed by atoms with Gasteiger partial charge >= 0.3 is 0 Å². The standard InChI is InChI=1S/C17H13BrFN7/c18-12-14(20)23-16(24-15(12)21)13-10-5-3-7-22-17(10)26(25-13)8-9-4-1-2-6-11(9)19/h1-7H,8H2,(H4,20,21,23,24). The summed E-state index contributed by atoms with van der Waals surface area (Å²) in [7, 11) is 0. The van der Waals surface area contributed by atoms with Gasteiger partial charge in [0.15, 0.2) is 11.5 Å². The molecule has 0 amide bonds. The average Bonchev–Trinajstić information content (AvgIpc) is 3.00. The van der Waals surface area contributed by atoms with E-state index in [-0.39, 0.29) is 29.8 Å². The highest BCUT2D eigenvalue weighted by atomic mass is 79.9. The molecule has 0 saturated carbocycles. The normalized spacial score (nSPS) is 11.2. The number of pyridine rings is 1. The van der Waals surface area contributed by atoms with Crippen LogP contribution >= 0.6 is 15.9 Å². The third-order valence-corrected chi connectivity index (χ3v) is 4.71. The molecule has 26 heavy (non-hydrogen) atoms. The number of rotatable bonds is 3. The smallest absolute Gasteiger partial charge is 0.184 e. The van der Waals surface area contributed by atoms with Gasteiger partial charge < -0.3 is 11.5 Å². The molecule has 0 spiro atoms. The Kier molecular flexibility index (Phi) is 4.00. The van der Waals surface area contributed by atoms with Gasteiger partial charge in [0.2, 0.25) is 0 Å². The van der Waals surface area contributed by atoms with E-state index in [1.807, 2.05) is 6.07 Å². The first-order valence-electron chi connectivity index (χ1n) is 7.68. The lowest BCUT2D eigenvalue weighted by Gasteiger charge is -2.04. The molecule has 130 valence electrons.